The third-order valence-corrected chi connectivity index (χ3v) is 4.83. The minimum absolute atomic E-state index is 0.0356. The van der Waals surface area contributed by atoms with Crippen LogP contribution in [0.15, 0.2) is 54.6 Å². The van der Waals surface area contributed by atoms with Gasteiger partial charge in [-0.3, -0.25) is 4.79 Å². The Balaban J connectivity index is 2.05. The van der Waals surface area contributed by atoms with Crippen LogP contribution < -0.4 is 14.8 Å². The molecule has 0 atom stereocenters. The summed E-state index contributed by atoms with van der Waals surface area (Å²) in [6.07, 6.45) is -5.23. The Morgan fingerprint density at radius 3 is 2.42 bits per heavy atom. The number of amides is 1. The van der Waals surface area contributed by atoms with Crippen LogP contribution in [0.2, 0.25) is 0 Å². The number of hydrogen-bond acceptors (Lipinski definition) is 4. The van der Waals surface area contributed by atoms with E-state index in [2.05, 4.69) is 0 Å². The van der Waals surface area contributed by atoms with Crippen molar-refractivity contribution in [1.29, 1.82) is 5.26 Å². The number of benzene rings is 3. The zero-order valence-corrected chi connectivity index (χ0v) is 17.6. The number of carbonyl (C=O) groups excluding carboxylic acids is 1. The highest BCUT2D eigenvalue weighted by Gasteiger charge is 2.40. The first-order valence-corrected chi connectivity index (χ1v) is 9.62. The van der Waals surface area contributed by atoms with Gasteiger partial charge in [-0.2, -0.15) is 18.4 Å². The summed E-state index contributed by atoms with van der Waals surface area (Å²) >= 11 is 0. The maximum Gasteiger partial charge on any atom is 0.471 e. The predicted molar refractivity (Wildman–Crippen MR) is 113 cm³/mol. The third kappa shape index (κ3) is 5.06. The first-order valence-electron chi connectivity index (χ1n) is 9.62. The van der Waals surface area contributed by atoms with Crippen molar-refractivity contribution in [3.05, 3.63) is 77.1 Å². The molecule has 0 radical (unpaired) electrons. The normalized spacial score (nSPS) is 10.9. The van der Waals surface area contributed by atoms with Gasteiger partial charge in [0, 0.05) is 5.56 Å². The number of alkyl halides is 3. The smallest absolute Gasteiger partial charge is 0.471 e. The Kier molecular flexibility index (Phi) is 6.87. The Morgan fingerprint density at radius 2 is 1.82 bits per heavy atom. The fraction of sp³-hybridized carbons (Fsp3) is 0.167. The van der Waals surface area contributed by atoms with Gasteiger partial charge >= 0.3 is 12.1 Å². The fourth-order valence-corrected chi connectivity index (χ4v) is 3.27. The van der Waals surface area contributed by atoms with Crippen LogP contribution in [0.25, 0.3) is 11.1 Å². The highest BCUT2D eigenvalue weighted by atomic mass is 19.4. The number of hydrogen-bond donors (Lipinski definition) is 1. The lowest BCUT2D eigenvalue weighted by Crippen LogP contribution is -2.30. The molecule has 1 N–H and O–H groups in total. The first-order chi connectivity index (χ1) is 15.7. The Bertz CT molecular complexity index is 1220. The van der Waals surface area contributed by atoms with Gasteiger partial charge < -0.3 is 14.8 Å². The summed E-state index contributed by atoms with van der Waals surface area (Å²) in [7, 11) is 1.03. The molecule has 3 aromatic rings. The van der Waals surface area contributed by atoms with Crippen LogP contribution in [0.1, 0.15) is 16.7 Å². The average Bonchev–Trinajstić information content (AvgIpc) is 2.78. The van der Waals surface area contributed by atoms with E-state index in [1.165, 1.54) is 6.92 Å². The van der Waals surface area contributed by atoms with Crippen molar-refractivity contribution in [3.63, 3.8) is 0 Å². The number of nitriles is 1. The molecular weight excluding hydrogens is 440 g/mol. The lowest BCUT2D eigenvalue weighted by Gasteiger charge is -2.19. The van der Waals surface area contributed by atoms with Gasteiger partial charge in [-0.15, -0.1) is 0 Å². The van der Waals surface area contributed by atoms with Crippen molar-refractivity contribution in [3.8, 4) is 28.7 Å². The Labute approximate surface area is 187 Å². The van der Waals surface area contributed by atoms with Crippen LogP contribution in [-0.2, 0) is 11.4 Å². The molecule has 0 bridgehead atoms. The lowest BCUT2D eigenvalue weighted by molar-refractivity contribution is -0.167. The van der Waals surface area contributed by atoms with E-state index in [-0.39, 0.29) is 23.3 Å². The second-order valence-corrected chi connectivity index (χ2v) is 6.96. The largest absolute Gasteiger partial charge is 0.492 e. The third-order valence-electron chi connectivity index (χ3n) is 4.83. The SMILES string of the molecule is COc1c(F)c(-c2cccc(OCc3ccccc3)c2)c(C)c(C#N)c1NC(=O)C(F)(F)F. The highest BCUT2D eigenvalue weighted by molar-refractivity contribution is 5.99. The van der Waals surface area contributed by atoms with E-state index < -0.39 is 29.3 Å². The molecule has 0 saturated heterocycles. The van der Waals surface area contributed by atoms with E-state index in [4.69, 9.17) is 9.47 Å². The monoisotopic (exact) mass is 458 g/mol. The summed E-state index contributed by atoms with van der Waals surface area (Å²) < 4.78 is 64.4. The molecule has 0 heterocycles. The van der Waals surface area contributed by atoms with Gasteiger partial charge in [-0.25, -0.2) is 4.39 Å². The van der Waals surface area contributed by atoms with Crippen molar-refractivity contribution >= 4 is 11.6 Å². The van der Waals surface area contributed by atoms with Gasteiger partial charge in [-0.05, 0) is 35.7 Å². The van der Waals surface area contributed by atoms with E-state index in [9.17, 15) is 23.2 Å². The minimum Gasteiger partial charge on any atom is -0.492 e. The van der Waals surface area contributed by atoms with Gasteiger partial charge in [0.1, 0.15) is 24.1 Å². The average molecular weight is 458 g/mol. The van der Waals surface area contributed by atoms with E-state index in [1.54, 1.807) is 35.7 Å². The number of anilines is 1. The van der Waals surface area contributed by atoms with E-state index in [0.29, 0.717) is 11.3 Å². The molecule has 3 rings (SSSR count). The lowest BCUT2D eigenvalue weighted by atomic mass is 9.93. The molecule has 33 heavy (non-hydrogen) atoms. The van der Waals surface area contributed by atoms with E-state index in [1.807, 2.05) is 30.3 Å². The van der Waals surface area contributed by atoms with Crippen LogP contribution >= 0.6 is 0 Å². The maximum atomic E-state index is 15.4. The highest BCUT2D eigenvalue weighted by Crippen LogP contribution is 2.42. The molecule has 0 unspecified atom stereocenters. The Morgan fingerprint density at radius 1 is 1.12 bits per heavy atom. The van der Waals surface area contributed by atoms with Crippen molar-refractivity contribution in [1.82, 2.24) is 0 Å². The van der Waals surface area contributed by atoms with Gasteiger partial charge in [-0.1, -0.05) is 42.5 Å². The van der Waals surface area contributed by atoms with Gasteiger partial charge in [0.05, 0.1) is 12.7 Å². The molecule has 0 aliphatic rings. The molecule has 5 nitrogen and oxygen atoms in total. The molecule has 0 aliphatic carbocycles. The molecule has 0 spiro atoms. The number of carbonyl (C=O) groups is 1. The molecule has 9 heteroatoms. The molecule has 0 saturated carbocycles. The molecule has 1 amide bonds. The number of rotatable bonds is 6. The summed E-state index contributed by atoms with van der Waals surface area (Å²) in [5.41, 5.74) is 0.184. The van der Waals surface area contributed by atoms with Crippen LogP contribution in [0.5, 0.6) is 11.5 Å². The number of methoxy groups -OCH3 is 1. The fourth-order valence-electron chi connectivity index (χ4n) is 3.27. The zero-order valence-electron chi connectivity index (χ0n) is 17.6. The summed E-state index contributed by atoms with van der Waals surface area (Å²) in [6.45, 7) is 1.64. The van der Waals surface area contributed by atoms with Crippen LogP contribution in [0.3, 0.4) is 0 Å². The second-order valence-electron chi connectivity index (χ2n) is 6.96. The van der Waals surface area contributed by atoms with Gasteiger partial charge in [0.2, 0.25) is 0 Å². The van der Waals surface area contributed by atoms with Crippen molar-refractivity contribution < 1.29 is 31.8 Å². The molecule has 0 aromatic heterocycles. The van der Waals surface area contributed by atoms with Gasteiger partial charge in [0.25, 0.3) is 0 Å². The van der Waals surface area contributed by atoms with E-state index >= 15 is 4.39 Å². The molecule has 0 aliphatic heterocycles. The molecule has 170 valence electrons. The minimum atomic E-state index is -5.23. The topological polar surface area (TPSA) is 71.3 Å². The van der Waals surface area contributed by atoms with Gasteiger partial charge in [0.15, 0.2) is 11.6 Å². The van der Waals surface area contributed by atoms with Crippen LogP contribution in [0.4, 0.5) is 23.2 Å². The molecule has 3 aromatic carbocycles. The maximum absolute atomic E-state index is 15.4. The summed E-state index contributed by atoms with van der Waals surface area (Å²) in [5, 5.41) is 11.1. The molecular formula is C24H18F4N2O3. The standard InChI is InChI=1S/C24H18F4N2O3/c1-14-18(12-29)21(30-23(31)24(26,27)28)22(32-2)20(25)19(14)16-9-6-10-17(11-16)33-13-15-7-4-3-5-8-15/h3-11H,13H2,1-2H3,(H,30,31). The second kappa shape index (κ2) is 9.61. The zero-order chi connectivity index (χ0) is 24.2. The first kappa shape index (κ1) is 23.6. The quantitative estimate of drug-likeness (QED) is 0.477. The van der Waals surface area contributed by atoms with Crippen LogP contribution in [0, 0.1) is 24.1 Å². The van der Waals surface area contributed by atoms with Crippen molar-refractivity contribution in [2.75, 3.05) is 12.4 Å². The number of halogens is 4. The predicted octanol–water partition coefficient (Wildman–Crippen LogP) is 5.76. The number of ether oxygens (including phenoxy) is 2. The molecule has 0 fully saturated rings. The number of nitrogens with one attached hydrogen (secondary N) is 1. The summed E-state index contributed by atoms with van der Waals surface area (Å²) in [6, 6.07) is 17.5. The summed E-state index contributed by atoms with van der Waals surface area (Å²) in [4.78, 5) is 11.4. The Hall–Kier alpha value is -4.06. The van der Waals surface area contributed by atoms with E-state index in [0.717, 1.165) is 12.7 Å². The number of nitrogens with zero attached hydrogens (tertiary/aromatic N) is 1. The summed E-state index contributed by atoms with van der Waals surface area (Å²) in [5.74, 6) is -3.63. The van der Waals surface area contributed by atoms with Crippen molar-refractivity contribution in [2.24, 2.45) is 0 Å². The van der Waals surface area contributed by atoms with Crippen LogP contribution in [-0.4, -0.2) is 19.2 Å². The van der Waals surface area contributed by atoms with Crippen molar-refractivity contribution in [2.45, 2.75) is 19.7 Å².